The first-order valence-corrected chi connectivity index (χ1v) is 7.67. The molecule has 0 bridgehead atoms. The standard InChI is InChI=1S/C12H13F3N2O3S/c13-12(14,15)11(18)17-10-3-1-2-7-6-8(21(16,19)20)4-5-9(7)10/h4-6,10H,1-3H2,(H,17,18)(H2,16,19,20). The van der Waals surface area contributed by atoms with Gasteiger partial charge in [0.25, 0.3) is 0 Å². The van der Waals surface area contributed by atoms with Gasteiger partial charge in [-0.2, -0.15) is 13.2 Å². The molecule has 5 nitrogen and oxygen atoms in total. The van der Waals surface area contributed by atoms with Crippen LogP contribution in [-0.4, -0.2) is 20.5 Å². The molecule has 116 valence electrons. The minimum Gasteiger partial charge on any atom is -0.341 e. The van der Waals surface area contributed by atoms with Crippen LogP contribution < -0.4 is 10.5 Å². The van der Waals surface area contributed by atoms with Gasteiger partial charge in [-0.1, -0.05) is 6.07 Å². The van der Waals surface area contributed by atoms with Gasteiger partial charge in [-0.3, -0.25) is 4.79 Å². The van der Waals surface area contributed by atoms with E-state index in [-0.39, 0.29) is 4.90 Å². The van der Waals surface area contributed by atoms with Gasteiger partial charge in [0.05, 0.1) is 10.9 Å². The van der Waals surface area contributed by atoms with Crippen molar-refractivity contribution in [1.82, 2.24) is 5.32 Å². The van der Waals surface area contributed by atoms with Crippen LogP contribution in [0.2, 0.25) is 0 Å². The molecule has 1 aromatic rings. The molecule has 0 saturated carbocycles. The van der Waals surface area contributed by atoms with Crippen LogP contribution in [0.15, 0.2) is 23.1 Å². The molecule has 1 aliphatic carbocycles. The van der Waals surface area contributed by atoms with Crippen LogP contribution in [0.3, 0.4) is 0 Å². The monoisotopic (exact) mass is 322 g/mol. The summed E-state index contributed by atoms with van der Waals surface area (Å²) in [7, 11) is -3.87. The summed E-state index contributed by atoms with van der Waals surface area (Å²) >= 11 is 0. The third-order valence-corrected chi connectivity index (χ3v) is 4.23. The van der Waals surface area contributed by atoms with E-state index in [1.54, 1.807) is 0 Å². The zero-order valence-corrected chi connectivity index (χ0v) is 11.6. The van der Waals surface area contributed by atoms with Gasteiger partial charge in [0.15, 0.2) is 0 Å². The van der Waals surface area contributed by atoms with Crippen molar-refractivity contribution in [2.45, 2.75) is 36.4 Å². The zero-order valence-electron chi connectivity index (χ0n) is 10.8. The highest BCUT2D eigenvalue weighted by Crippen LogP contribution is 2.32. The second-order valence-corrected chi connectivity index (χ2v) is 6.38. The highest BCUT2D eigenvalue weighted by atomic mass is 32.2. The van der Waals surface area contributed by atoms with Crippen molar-refractivity contribution in [1.29, 1.82) is 0 Å². The van der Waals surface area contributed by atoms with E-state index in [1.165, 1.54) is 18.2 Å². The molecule has 1 atom stereocenters. The predicted octanol–water partition coefficient (Wildman–Crippen LogP) is 1.39. The lowest BCUT2D eigenvalue weighted by molar-refractivity contribution is -0.174. The highest BCUT2D eigenvalue weighted by molar-refractivity contribution is 7.89. The first-order chi connectivity index (χ1) is 9.59. The number of fused-ring (bicyclic) bond motifs is 1. The van der Waals surface area contributed by atoms with E-state index in [9.17, 15) is 26.4 Å². The smallest absolute Gasteiger partial charge is 0.341 e. The second kappa shape index (κ2) is 5.30. The van der Waals surface area contributed by atoms with Gasteiger partial charge in [0, 0.05) is 0 Å². The van der Waals surface area contributed by atoms with Crippen LogP contribution in [0.5, 0.6) is 0 Å². The quantitative estimate of drug-likeness (QED) is 0.862. The van der Waals surface area contributed by atoms with Gasteiger partial charge < -0.3 is 5.32 Å². The number of carbonyl (C=O) groups excluding carboxylic acids is 1. The first kappa shape index (κ1) is 15.8. The van der Waals surface area contributed by atoms with Crippen molar-refractivity contribution < 1.29 is 26.4 Å². The highest BCUT2D eigenvalue weighted by Gasteiger charge is 2.40. The summed E-state index contributed by atoms with van der Waals surface area (Å²) in [5.74, 6) is -2.00. The Kier molecular flexibility index (Phi) is 3.98. The first-order valence-electron chi connectivity index (χ1n) is 6.12. The van der Waals surface area contributed by atoms with Gasteiger partial charge in [-0.15, -0.1) is 0 Å². The molecule has 0 aromatic heterocycles. The van der Waals surface area contributed by atoms with E-state index < -0.39 is 28.1 Å². The number of alkyl halides is 3. The molecule has 9 heteroatoms. The molecule has 2 rings (SSSR count). The van der Waals surface area contributed by atoms with Crippen molar-refractivity contribution in [2.24, 2.45) is 5.14 Å². The van der Waals surface area contributed by atoms with Gasteiger partial charge in [-0.25, -0.2) is 13.6 Å². The van der Waals surface area contributed by atoms with Crippen LogP contribution in [0.1, 0.15) is 30.0 Å². The molecule has 0 aliphatic heterocycles. The van der Waals surface area contributed by atoms with Gasteiger partial charge >= 0.3 is 12.1 Å². The van der Waals surface area contributed by atoms with E-state index >= 15 is 0 Å². The van der Waals surface area contributed by atoms with Crippen molar-refractivity contribution >= 4 is 15.9 Å². The molecule has 0 heterocycles. The number of rotatable bonds is 2. The Morgan fingerprint density at radius 1 is 1.33 bits per heavy atom. The molecule has 0 spiro atoms. The molecule has 1 aliphatic rings. The van der Waals surface area contributed by atoms with E-state index in [1.807, 2.05) is 5.32 Å². The minimum atomic E-state index is -4.95. The lowest BCUT2D eigenvalue weighted by Gasteiger charge is -2.27. The molecule has 21 heavy (non-hydrogen) atoms. The summed E-state index contributed by atoms with van der Waals surface area (Å²) in [5.41, 5.74) is 1.08. The Labute approximate surface area is 119 Å². The summed E-state index contributed by atoms with van der Waals surface area (Å²) in [6.45, 7) is 0. The Bertz CT molecular complexity index is 671. The zero-order chi connectivity index (χ0) is 15.8. The van der Waals surface area contributed by atoms with Crippen molar-refractivity contribution in [2.75, 3.05) is 0 Å². The number of hydrogen-bond donors (Lipinski definition) is 2. The second-order valence-electron chi connectivity index (χ2n) is 4.82. The molecule has 3 N–H and O–H groups in total. The fourth-order valence-corrected chi connectivity index (χ4v) is 2.92. The lowest BCUT2D eigenvalue weighted by atomic mass is 9.87. The summed E-state index contributed by atoms with van der Waals surface area (Å²) in [4.78, 5) is 10.9. The topological polar surface area (TPSA) is 89.3 Å². The van der Waals surface area contributed by atoms with Crippen LogP contribution in [0.4, 0.5) is 13.2 Å². The number of hydrogen-bond acceptors (Lipinski definition) is 3. The van der Waals surface area contributed by atoms with E-state index in [0.29, 0.717) is 30.4 Å². The number of amides is 1. The average Bonchev–Trinajstić information content (AvgIpc) is 2.36. The summed E-state index contributed by atoms with van der Waals surface area (Å²) in [5, 5.41) is 6.94. The number of primary sulfonamides is 1. The third kappa shape index (κ3) is 3.53. The summed E-state index contributed by atoms with van der Waals surface area (Å²) < 4.78 is 59.4. The molecule has 0 radical (unpaired) electrons. The summed E-state index contributed by atoms with van der Waals surface area (Å²) in [6.07, 6.45) is -3.51. The minimum absolute atomic E-state index is 0.0935. The molecular formula is C12H13F3N2O3S. The Balaban J connectivity index is 2.31. The number of sulfonamides is 1. The molecule has 1 unspecified atom stereocenters. The van der Waals surface area contributed by atoms with Crippen molar-refractivity contribution in [3.8, 4) is 0 Å². The number of benzene rings is 1. The number of nitrogens with two attached hydrogens (primary N) is 1. The van der Waals surface area contributed by atoms with Crippen LogP contribution in [0, 0.1) is 0 Å². The maximum absolute atomic E-state index is 12.3. The fourth-order valence-electron chi connectivity index (χ4n) is 2.36. The van der Waals surface area contributed by atoms with Gasteiger partial charge in [-0.05, 0) is 42.5 Å². The van der Waals surface area contributed by atoms with E-state index in [4.69, 9.17) is 5.14 Å². The SMILES string of the molecule is NS(=O)(=O)c1ccc2c(c1)CCCC2NC(=O)C(F)(F)F. The maximum Gasteiger partial charge on any atom is 0.471 e. The number of aryl methyl sites for hydroxylation is 1. The van der Waals surface area contributed by atoms with Crippen molar-refractivity contribution in [3.05, 3.63) is 29.3 Å². The Hall–Kier alpha value is -1.61. The van der Waals surface area contributed by atoms with Crippen LogP contribution in [-0.2, 0) is 21.2 Å². The molecule has 1 aromatic carbocycles. The normalized spacial score (nSPS) is 19.0. The average molecular weight is 322 g/mol. The van der Waals surface area contributed by atoms with E-state index in [2.05, 4.69) is 0 Å². The molecule has 1 amide bonds. The van der Waals surface area contributed by atoms with Crippen LogP contribution >= 0.6 is 0 Å². The Morgan fingerprint density at radius 2 is 2.00 bits per heavy atom. The molecule has 0 fully saturated rings. The summed E-state index contributed by atoms with van der Waals surface area (Å²) in [6, 6.07) is 3.19. The number of halogens is 3. The number of nitrogens with one attached hydrogen (secondary N) is 1. The Morgan fingerprint density at radius 3 is 2.57 bits per heavy atom. The predicted molar refractivity (Wildman–Crippen MR) is 67.7 cm³/mol. The molecule has 0 saturated heterocycles. The lowest BCUT2D eigenvalue weighted by Crippen LogP contribution is -2.40. The largest absolute Gasteiger partial charge is 0.471 e. The van der Waals surface area contributed by atoms with Gasteiger partial charge in [0.2, 0.25) is 10.0 Å². The maximum atomic E-state index is 12.3. The number of carbonyl (C=O) groups is 1. The van der Waals surface area contributed by atoms with Crippen LogP contribution in [0.25, 0.3) is 0 Å². The molecular weight excluding hydrogens is 309 g/mol. The van der Waals surface area contributed by atoms with Crippen molar-refractivity contribution in [3.63, 3.8) is 0 Å². The fraction of sp³-hybridized carbons (Fsp3) is 0.417. The van der Waals surface area contributed by atoms with Gasteiger partial charge in [0.1, 0.15) is 0 Å². The third-order valence-electron chi connectivity index (χ3n) is 3.32. The van der Waals surface area contributed by atoms with E-state index in [0.717, 1.165) is 0 Å².